The number of amides is 1. The van der Waals surface area contributed by atoms with Crippen molar-refractivity contribution in [2.24, 2.45) is 5.73 Å². The lowest BCUT2D eigenvalue weighted by molar-refractivity contribution is -0.131. The number of halogens is 1. The van der Waals surface area contributed by atoms with Crippen molar-refractivity contribution >= 4 is 11.7 Å². The van der Waals surface area contributed by atoms with Crippen molar-refractivity contribution in [3.8, 4) is 11.5 Å². The smallest absolute Gasteiger partial charge is 0.254 e. The Balaban J connectivity index is 1.77. The minimum Gasteiger partial charge on any atom is -0.494 e. The zero-order chi connectivity index (χ0) is 24.7. The average Bonchev–Trinajstić information content (AvgIpc) is 2.82. The van der Waals surface area contributed by atoms with Crippen LogP contribution >= 0.6 is 0 Å². The fraction of sp³-hybridized carbons (Fsp3) is 0.440. The van der Waals surface area contributed by atoms with Gasteiger partial charge in [0.1, 0.15) is 17.7 Å². The summed E-state index contributed by atoms with van der Waals surface area (Å²) in [5.74, 6) is -0.675. The number of nitrogens with one attached hydrogen (secondary N) is 2. The van der Waals surface area contributed by atoms with Crippen molar-refractivity contribution in [2.75, 3.05) is 33.9 Å². The molecule has 184 valence electrons. The van der Waals surface area contributed by atoms with Crippen LogP contribution in [0.4, 0.5) is 4.39 Å². The quantitative estimate of drug-likeness (QED) is 0.362. The van der Waals surface area contributed by atoms with E-state index >= 15 is 4.39 Å². The van der Waals surface area contributed by atoms with Crippen LogP contribution in [-0.2, 0) is 16.1 Å². The first-order valence-corrected chi connectivity index (χ1v) is 11.4. The van der Waals surface area contributed by atoms with Gasteiger partial charge in [-0.2, -0.15) is 0 Å². The standard InChI is InChI=1S/C25H33FN4O4/c1-4-33-19-13-20(22(26)21(14-19)34-18-9-11-30(2)12-10-18)23(32-3)25(31)29-15-16-5-7-17(8-6-16)24(27)28/h5-8,13-14,18,23H,4,9-12,15H2,1-3H3,(H3,27,28)(H,29,31). The molecule has 0 aliphatic carbocycles. The van der Waals surface area contributed by atoms with Crippen molar-refractivity contribution < 1.29 is 23.4 Å². The van der Waals surface area contributed by atoms with Gasteiger partial charge in [-0.05, 0) is 38.4 Å². The molecule has 1 saturated heterocycles. The molecule has 1 atom stereocenters. The molecule has 1 amide bonds. The number of likely N-dealkylation sites (tertiary alicyclic amines) is 1. The second kappa shape index (κ2) is 11.8. The molecule has 2 aromatic rings. The van der Waals surface area contributed by atoms with Gasteiger partial charge in [0.2, 0.25) is 0 Å². The van der Waals surface area contributed by atoms with Crippen molar-refractivity contribution in [1.82, 2.24) is 10.2 Å². The second-order valence-corrected chi connectivity index (χ2v) is 8.32. The molecule has 2 aromatic carbocycles. The third kappa shape index (κ3) is 6.45. The zero-order valence-corrected chi connectivity index (χ0v) is 19.9. The predicted octanol–water partition coefficient (Wildman–Crippen LogP) is 2.99. The first kappa shape index (κ1) is 25.5. The van der Waals surface area contributed by atoms with Gasteiger partial charge >= 0.3 is 0 Å². The van der Waals surface area contributed by atoms with Gasteiger partial charge in [-0.15, -0.1) is 0 Å². The molecule has 1 unspecified atom stereocenters. The van der Waals surface area contributed by atoms with Crippen molar-refractivity contribution in [3.63, 3.8) is 0 Å². The first-order chi connectivity index (χ1) is 16.3. The van der Waals surface area contributed by atoms with Crippen LogP contribution in [-0.4, -0.2) is 56.6 Å². The van der Waals surface area contributed by atoms with E-state index in [0.29, 0.717) is 17.9 Å². The molecule has 0 bridgehead atoms. The topological polar surface area (TPSA) is 110 Å². The lowest BCUT2D eigenvalue weighted by atomic mass is 10.1. The van der Waals surface area contributed by atoms with Gasteiger partial charge in [0.05, 0.1) is 6.61 Å². The van der Waals surface area contributed by atoms with Crippen LogP contribution < -0.4 is 20.5 Å². The third-order valence-electron chi connectivity index (χ3n) is 5.80. The van der Waals surface area contributed by atoms with Gasteiger partial charge in [-0.3, -0.25) is 10.2 Å². The highest BCUT2D eigenvalue weighted by Gasteiger charge is 2.28. The Hall–Kier alpha value is -3.17. The molecule has 3 rings (SSSR count). The van der Waals surface area contributed by atoms with Crippen LogP contribution in [0.1, 0.15) is 42.6 Å². The molecular formula is C25H33FN4O4. The number of methoxy groups -OCH3 is 1. The lowest BCUT2D eigenvalue weighted by Gasteiger charge is -2.30. The van der Waals surface area contributed by atoms with Gasteiger partial charge in [0, 0.05) is 43.9 Å². The lowest BCUT2D eigenvalue weighted by Crippen LogP contribution is -2.36. The highest BCUT2D eigenvalue weighted by Crippen LogP contribution is 2.34. The van der Waals surface area contributed by atoms with E-state index in [1.165, 1.54) is 19.2 Å². The number of carbonyl (C=O) groups excluding carboxylic acids is 1. The molecular weight excluding hydrogens is 439 g/mol. The van der Waals surface area contributed by atoms with Crippen LogP contribution in [0, 0.1) is 11.2 Å². The first-order valence-electron chi connectivity index (χ1n) is 11.4. The van der Waals surface area contributed by atoms with Gasteiger partial charge in [0.15, 0.2) is 17.7 Å². The van der Waals surface area contributed by atoms with Crippen LogP contribution in [0.25, 0.3) is 0 Å². The van der Waals surface area contributed by atoms with E-state index in [4.69, 9.17) is 25.4 Å². The molecule has 34 heavy (non-hydrogen) atoms. The summed E-state index contributed by atoms with van der Waals surface area (Å²) in [6, 6.07) is 9.95. The van der Waals surface area contributed by atoms with Crippen LogP contribution in [0.3, 0.4) is 0 Å². The summed E-state index contributed by atoms with van der Waals surface area (Å²) in [5.41, 5.74) is 6.93. The number of carbonyl (C=O) groups is 1. The van der Waals surface area contributed by atoms with E-state index < -0.39 is 17.8 Å². The highest BCUT2D eigenvalue weighted by molar-refractivity contribution is 5.94. The average molecular weight is 473 g/mol. The van der Waals surface area contributed by atoms with Gasteiger partial charge in [-0.25, -0.2) is 4.39 Å². The Kier molecular flexibility index (Phi) is 8.84. The number of ether oxygens (including phenoxy) is 3. The van der Waals surface area contributed by atoms with Crippen LogP contribution in [0.5, 0.6) is 11.5 Å². The summed E-state index contributed by atoms with van der Waals surface area (Å²) in [4.78, 5) is 15.1. The summed E-state index contributed by atoms with van der Waals surface area (Å²) >= 11 is 0. The Bertz CT molecular complexity index is 991. The van der Waals surface area contributed by atoms with Crippen molar-refractivity contribution in [3.05, 3.63) is 58.9 Å². The Labute approximate surface area is 199 Å². The van der Waals surface area contributed by atoms with Gasteiger partial charge in [0.25, 0.3) is 5.91 Å². The van der Waals surface area contributed by atoms with E-state index in [2.05, 4.69) is 10.2 Å². The fourth-order valence-electron chi connectivity index (χ4n) is 3.86. The minimum atomic E-state index is -1.18. The Morgan fingerprint density at radius 2 is 1.94 bits per heavy atom. The molecule has 9 heteroatoms. The third-order valence-corrected chi connectivity index (χ3v) is 5.80. The zero-order valence-electron chi connectivity index (χ0n) is 19.9. The van der Waals surface area contributed by atoms with Crippen LogP contribution in [0.2, 0.25) is 0 Å². The monoisotopic (exact) mass is 472 g/mol. The molecule has 1 heterocycles. The molecule has 1 aliphatic heterocycles. The molecule has 1 aliphatic rings. The number of nitrogen functional groups attached to an aromatic ring is 1. The predicted molar refractivity (Wildman–Crippen MR) is 128 cm³/mol. The normalized spacial score (nSPS) is 15.5. The fourth-order valence-corrected chi connectivity index (χ4v) is 3.86. The minimum absolute atomic E-state index is 0.0297. The molecule has 0 saturated carbocycles. The molecule has 8 nitrogen and oxygen atoms in total. The number of nitrogens with zero attached hydrogens (tertiary/aromatic N) is 1. The summed E-state index contributed by atoms with van der Waals surface area (Å²) < 4.78 is 32.5. The van der Waals surface area contributed by atoms with E-state index in [1.54, 1.807) is 24.3 Å². The maximum atomic E-state index is 15.5. The number of rotatable bonds is 10. The van der Waals surface area contributed by atoms with Crippen LogP contribution in [0.15, 0.2) is 36.4 Å². The number of benzene rings is 2. The molecule has 0 radical (unpaired) electrons. The Morgan fingerprint density at radius 1 is 1.26 bits per heavy atom. The van der Waals surface area contributed by atoms with E-state index in [-0.39, 0.29) is 29.8 Å². The molecule has 0 spiro atoms. The number of amidine groups is 1. The van der Waals surface area contributed by atoms with Gasteiger partial charge < -0.3 is 30.2 Å². The van der Waals surface area contributed by atoms with Gasteiger partial charge in [-0.1, -0.05) is 24.3 Å². The van der Waals surface area contributed by atoms with Crippen molar-refractivity contribution in [1.29, 1.82) is 5.41 Å². The van der Waals surface area contributed by atoms with E-state index in [1.807, 2.05) is 14.0 Å². The second-order valence-electron chi connectivity index (χ2n) is 8.32. The summed E-state index contributed by atoms with van der Waals surface area (Å²) in [6.07, 6.45) is 0.293. The largest absolute Gasteiger partial charge is 0.494 e. The van der Waals surface area contributed by atoms with Crippen molar-refractivity contribution in [2.45, 2.75) is 38.5 Å². The SMILES string of the molecule is CCOc1cc(OC2CCN(C)CC2)c(F)c(C(OC)C(=O)NCc2ccc(C(=N)N)cc2)c1. The molecule has 1 fully saturated rings. The highest BCUT2D eigenvalue weighted by atomic mass is 19.1. The van der Waals surface area contributed by atoms with E-state index in [0.717, 1.165) is 31.5 Å². The summed E-state index contributed by atoms with van der Waals surface area (Å²) in [5, 5.41) is 10.2. The maximum Gasteiger partial charge on any atom is 0.254 e. The Morgan fingerprint density at radius 3 is 2.53 bits per heavy atom. The number of piperidine rings is 1. The summed E-state index contributed by atoms with van der Waals surface area (Å²) in [7, 11) is 3.40. The summed E-state index contributed by atoms with van der Waals surface area (Å²) in [6.45, 7) is 4.18. The van der Waals surface area contributed by atoms with E-state index in [9.17, 15) is 4.79 Å². The number of nitrogens with two attached hydrogens (primary N) is 1. The maximum absolute atomic E-state index is 15.5. The number of hydrogen-bond acceptors (Lipinski definition) is 6. The number of hydrogen-bond donors (Lipinski definition) is 3. The molecule has 4 N–H and O–H groups in total. The molecule has 0 aromatic heterocycles.